The van der Waals surface area contributed by atoms with Crippen LogP contribution in [0.5, 0.6) is 0 Å². The summed E-state index contributed by atoms with van der Waals surface area (Å²) in [6.45, 7) is 5.75. The van der Waals surface area contributed by atoms with Crippen LogP contribution in [0.1, 0.15) is 49.9 Å². The molecule has 0 radical (unpaired) electrons. The Balaban J connectivity index is 1.90. The third-order valence-electron chi connectivity index (χ3n) is 4.63. The highest BCUT2D eigenvalue weighted by atomic mass is 16.2. The molecule has 1 aliphatic rings. The number of anilines is 1. The summed E-state index contributed by atoms with van der Waals surface area (Å²) in [5.74, 6) is 0.727. The van der Waals surface area contributed by atoms with E-state index in [2.05, 4.69) is 23.6 Å². The topological polar surface area (TPSA) is 85.2 Å². The minimum atomic E-state index is -0.341. The zero-order valence-corrected chi connectivity index (χ0v) is 14.9. The maximum absolute atomic E-state index is 12.5. The first kappa shape index (κ1) is 18.8. The molecule has 1 aromatic rings. The van der Waals surface area contributed by atoms with Gasteiger partial charge in [-0.3, -0.25) is 4.79 Å². The van der Waals surface area contributed by atoms with E-state index in [9.17, 15) is 9.59 Å². The number of hydrogen-bond donors (Lipinski definition) is 2. The van der Waals surface area contributed by atoms with Crippen molar-refractivity contribution in [1.82, 2.24) is 10.2 Å². The second kappa shape index (κ2) is 9.07. The standard InChI is InChI=1S/C19H26N4O2/c1-3-16(8-11-20)21-19(25)22-17-6-4-15(5-7-17)18(24)23-12-9-14(2)10-13-23/h4-7,14,16H,3,8-10,12-13H2,1-2H3,(H2,21,22,25)/t16-/m1/s1. The van der Waals surface area contributed by atoms with Crippen molar-refractivity contribution in [3.05, 3.63) is 29.8 Å². The number of nitriles is 1. The highest BCUT2D eigenvalue weighted by molar-refractivity contribution is 5.95. The Hall–Kier alpha value is -2.55. The van der Waals surface area contributed by atoms with Crippen LogP contribution in [0.4, 0.5) is 10.5 Å². The van der Waals surface area contributed by atoms with Crippen LogP contribution in [0.25, 0.3) is 0 Å². The second-order valence-corrected chi connectivity index (χ2v) is 6.62. The summed E-state index contributed by atoms with van der Waals surface area (Å²) in [5, 5.41) is 14.2. The number of carbonyl (C=O) groups is 2. The molecule has 0 saturated carbocycles. The molecule has 1 fully saturated rings. The molecule has 2 N–H and O–H groups in total. The van der Waals surface area contributed by atoms with Gasteiger partial charge in [0.2, 0.25) is 0 Å². The fourth-order valence-corrected chi connectivity index (χ4v) is 2.85. The lowest BCUT2D eigenvalue weighted by Gasteiger charge is -2.30. The Morgan fingerprint density at radius 3 is 2.48 bits per heavy atom. The van der Waals surface area contributed by atoms with Gasteiger partial charge < -0.3 is 15.5 Å². The number of hydrogen-bond acceptors (Lipinski definition) is 3. The van der Waals surface area contributed by atoms with Gasteiger partial charge in [0, 0.05) is 30.4 Å². The third kappa shape index (κ3) is 5.49. The maximum Gasteiger partial charge on any atom is 0.319 e. The first-order valence-corrected chi connectivity index (χ1v) is 8.87. The van der Waals surface area contributed by atoms with Gasteiger partial charge >= 0.3 is 6.03 Å². The van der Waals surface area contributed by atoms with Crippen LogP contribution < -0.4 is 10.6 Å². The van der Waals surface area contributed by atoms with Gasteiger partial charge in [-0.05, 0) is 49.4 Å². The fraction of sp³-hybridized carbons (Fsp3) is 0.526. The minimum Gasteiger partial charge on any atom is -0.339 e. The molecule has 0 bridgehead atoms. The monoisotopic (exact) mass is 342 g/mol. The molecule has 6 heteroatoms. The predicted octanol–water partition coefficient (Wildman–Crippen LogP) is 3.37. The molecule has 0 unspecified atom stereocenters. The van der Waals surface area contributed by atoms with Gasteiger partial charge in [0.15, 0.2) is 0 Å². The SMILES string of the molecule is CC[C@H](CC#N)NC(=O)Nc1ccc(C(=O)N2CCC(C)CC2)cc1. The fourth-order valence-electron chi connectivity index (χ4n) is 2.85. The van der Waals surface area contributed by atoms with Crippen molar-refractivity contribution in [2.75, 3.05) is 18.4 Å². The number of urea groups is 1. The third-order valence-corrected chi connectivity index (χ3v) is 4.63. The van der Waals surface area contributed by atoms with Crippen molar-refractivity contribution in [3.8, 4) is 6.07 Å². The van der Waals surface area contributed by atoms with Crippen molar-refractivity contribution in [1.29, 1.82) is 5.26 Å². The molecule has 1 saturated heterocycles. The minimum absolute atomic E-state index is 0.0444. The summed E-state index contributed by atoms with van der Waals surface area (Å²) < 4.78 is 0. The van der Waals surface area contributed by atoms with Crippen LogP contribution in [0.15, 0.2) is 24.3 Å². The maximum atomic E-state index is 12.5. The molecule has 25 heavy (non-hydrogen) atoms. The van der Waals surface area contributed by atoms with Gasteiger partial charge in [-0.25, -0.2) is 4.79 Å². The predicted molar refractivity (Wildman–Crippen MR) is 97.2 cm³/mol. The van der Waals surface area contributed by atoms with Crippen molar-refractivity contribution in [2.45, 2.75) is 45.6 Å². The van der Waals surface area contributed by atoms with Gasteiger partial charge in [0.25, 0.3) is 5.91 Å². The second-order valence-electron chi connectivity index (χ2n) is 6.62. The van der Waals surface area contributed by atoms with Crippen LogP contribution in [0.2, 0.25) is 0 Å². The zero-order chi connectivity index (χ0) is 18.2. The molecule has 0 aromatic heterocycles. The first-order chi connectivity index (χ1) is 12.0. The molecule has 3 amide bonds. The van der Waals surface area contributed by atoms with Crippen molar-refractivity contribution < 1.29 is 9.59 Å². The average molecular weight is 342 g/mol. The summed E-state index contributed by atoms with van der Waals surface area (Å²) >= 11 is 0. The zero-order valence-electron chi connectivity index (χ0n) is 14.9. The molecule has 6 nitrogen and oxygen atoms in total. The van der Waals surface area contributed by atoms with E-state index in [0.29, 0.717) is 23.6 Å². The Bertz CT molecular complexity index is 628. The number of piperidine rings is 1. The molecule has 1 aromatic carbocycles. The van der Waals surface area contributed by atoms with Crippen LogP contribution >= 0.6 is 0 Å². The molecule has 134 valence electrons. The van der Waals surface area contributed by atoms with Gasteiger partial charge in [-0.15, -0.1) is 0 Å². The highest BCUT2D eigenvalue weighted by Crippen LogP contribution is 2.19. The van der Waals surface area contributed by atoms with Gasteiger partial charge in [-0.2, -0.15) is 5.26 Å². The lowest BCUT2D eigenvalue weighted by Crippen LogP contribution is -2.38. The van der Waals surface area contributed by atoms with Crippen molar-refractivity contribution >= 4 is 17.6 Å². The van der Waals surface area contributed by atoms with Crippen LogP contribution in [0, 0.1) is 17.2 Å². The number of carbonyl (C=O) groups excluding carboxylic acids is 2. The lowest BCUT2D eigenvalue weighted by molar-refractivity contribution is 0.0697. The smallest absolute Gasteiger partial charge is 0.319 e. The summed E-state index contributed by atoms with van der Waals surface area (Å²) in [4.78, 5) is 26.3. The number of likely N-dealkylation sites (tertiary alicyclic amines) is 1. The van der Waals surface area contributed by atoms with Gasteiger partial charge in [-0.1, -0.05) is 13.8 Å². The van der Waals surface area contributed by atoms with Gasteiger partial charge in [0.1, 0.15) is 0 Å². The molecule has 1 heterocycles. The number of nitrogens with one attached hydrogen (secondary N) is 2. The Morgan fingerprint density at radius 1 is 1.28 bits per heavy atom. The summed E-state index contributed by atoms with van der Waals surface area (Å²) in [7, 11) is 0. The van der Waals surface area contributed by atoms with Crippen LogP contribution in [-0.2, 0) is 0 Å². The van der Waals surface area contributed by atoms with E-state index in [-0.39, 0.29) is 24.4 Å². The molecular formula is C19H26N4O2. The van der Waals surface area contributed by atoms with E-state index in [1.165, 1.54) is 0 Å². The lowest BCUT2D eigenvalue weighted by atomic mass is 9.98. The molecule has 1 atom stereocenters. The van der Waals surface area contributed by atoms with E-state index in [1.807, 2.05) is 11.8 Å². The quantitative estimate of drug-likeness (QED) is 0.860. The van der Waals surface area contributed by atoms with E-state index in [4.69, 9.17) is 5.26 Å². The van der Waals surface area contributed by atoms with Crippen LogP contribution in [-0.4, -0.2) is 36.0 Å². The highest BCUT2D eigenvalue weighted by Gasteiger charge is 2.21. The molecule has 0 spiro atoms. The first-order valence-electron chi connectivity index (χ1n) is 8.87. The Labute approximate surface area is 149 Å². The van der Waals surface area contributed by atoms with Crippen molar-refractivity contribution in [2.24, 2.45) is 5.92 Å². The molecule has 1 aliphatic heterocycles. The van der Waals surface area contributed by atoms with Crippen LogP contribution in [0.3, 0.4) is 0 Å². The summed E-state index contributed by atoms with van der Waals surface area (Å²) in [5.41, 5.74) is 1.25. The number of nitrogens with zero attached hydrogens (tertiary/aromatic N) is 2. The number of amides is 3. The van der Waals surface area contributed by atoms with Crippen molar-refractivity contribution in [3.63, 3.8) is 0 Å². The number of rotatable bonds is 5. The molecule has 2 rings (SSSR count). The summed E-state index contributed by atoms with van der Waals surface area (Å²) in [6.07, 6.45) is 3.08. The average Bonchev–Trinajstić information content (AvgIpc) is 2.62. The van der Waals surface area contributed by atoms with E-state index < -0.39 is 0 Å². The summed E-state index contributed by atoms with van der Waals surface area (Å²) in [6, 6.07) is 8.49. The van der Waals surface area contributed by atoms with E-state index in [1.54, 1.807) is 24.3 Å². The molecular weight excluding hydrogens is 316 g/mol. The largest absolute Gasteiger partial charge is 0.339 e. The van der Waals surface area contributed by atoms with E-state index in [0.717, 1.165) is 25.9 Å². The van der Waals surface area contributed by atoms with E-state index >= 15 is 0 Å². The Kier molecular flexibility index (Phi) is 6.81. The molecule has 0 aliphatic carbocycles. The van der Waals surface area contributed by atoms with Gasteiger partial charge in [0.05, 0.1) is 12.5 Å². The Morgan fingerprint density at radius 2 is 1.92 bits per heavy atom. The number of benzene rings is 1. The normalized spacial score (nSPS) is 16.0.